The van der Waals surface area contributed by atoms with Crippen LogP contribution in [-0.4, -0.2) is 15.3 Å². The van der Waals surface area contributed by atoms with Gasteiger partial charge in [-0.3, -0.25) is 4.79 Å². The molecule has 0 saturated carbocycles. The first-order chi connectivity index (χ1) is 6.22. The summed E-state index contributed by atoms with van der Waals surface area (Å²) in [6, 6.07) is 0. The van der Waals surface area contributed by atoms with Crippen LogP contribution >= 0.6 is 0 Å². The molecule has 0 amide bonds. The summed E-state index contributed by atoms with van der Waals surface area (Å²) in [5.74, 6) is 1.28. The number of fused-ring (bicyclic) bond motifs is 1. The van der Waals surface area contributed by atoms with Gasteiger partial charge in [-0.15, -0.1) is 0 Å². The molecule has 0 radical (unpaired) electrons. The van der Waals surface area contributed by atoms with Crippen molar-refractivity contribution in [1.29, 1.82) is 0 Å². The molecular formula is C10H14N2O. The third kappa shape index (κ3) is 1.28. The van der Waals surface area contributed by atoms with E-state index in [2.05, 4.69) is 23.4 Å². The number of hydrogen-bond donors (Lipinski definition) is 0. The molecule has 0 N–H and O–H groups in total. The number of nitrogens with zero attached hydrogens (tertiary/aromatic N) is 2. The molecule has 2 heterocycles. The third-order valence-corrected chi connectivity index (χ3v) is 2.70. The van der Waals surface area contributed by atoms with Crippen molar-refractivity contribution in [2.75, 3.05) is 0 Å². The maximum absolute atomic E-state index is 11.2. The largest absolute Gasteiger partial charge is 0.331 e. The Morgan fingerprint density at radius 2 is 2.31 bits per heavy atom. The van der Waals surface area contributed by atoms with Gasteiger partial charge in [-0.2, -0.15) is 0 Å². The Balaban J connectivity index is 2.45. The van der Waals surface area contributed by atoms with Gasteiger partial charge in [0, 0.05) is 18.7 Å². The molecule has 1 aliphatic heterocycles. The van der Waals surface area contributed by atoms with Crippen molar-refractivity contribution in [3.63, 3.8) is 0 Å². The Labute approximate surface area is 77.8 Å². The number of Topliss-reactive ketones (excluding diaryl/α,β-unsaturated/α-hetero) is 1. The van der Waals surface area contributed by atoms with Crippen molar-refractivity contribution in [2.45, 2.75) is 39.7 Å². The third-order valence-electron chi connectivity index (χ3n) is 2.70. The molecule has 3 nitrogen and oxygen atoms in total. The highest BCUT2D eigenvalue weighted by Gasteiger charge is 2.20. The molecule has 13 heavy (non-hydrogen) atoms. The van der Waals surface area contributed by atoms with Gasteiger partial charge in [0.25, 0.3) is 0 Å². The Kier molecular flexibility index (Phi) is 1.94. The van der Waals surface area contributed by atoms with Gasteiger partial charge in [-0.1, -0.05) is 6.92 Å². The molecule has 0 aliphatic carbocycles. The van der Waals surface area contributed by atoms with Gasteiger partial charge in [0.05, 0.1) is 12.1 Å². The minimum absolute atomic E-state index is 0.320. The van der Waals surface area contributed by atoms with E-state index in [1.807, 2.05) is 0 Å². The van der Waals surface area contributed by atoms with Crippen LogP contribution in [0.5, 0.6) is 0 Å². The van der Waals surface area contributed by atoms with E-state index in [9.17, 15) is 4.79 Å². The molecule has 0 fully saturated rings. The van der Waals surface area contributed by atoms with Crippen LogP contribution in [0, 0.1) is 6.92 Å². The molecular weight excluding hydrogens is 164 g/mol. The monoisotopic (exact) mass is 178 g/mol. The topological polar surface area (TPSA) is 34.9 Å². The van der Waals surface area contributed by atoms with E-state index in [4.69, 9.17) is 0 Å². The van der Waals surface area contributed by atoms with Crippen LogP contribution in [-0.2, 0) is 24.2 Å². The van der Waals surface area contributed by atoms with Crippen molar-refractivity contribution in [2.24, 2.45) is 0 Å². The van der Waals surface area contributed by atoms with E-state index in [1.165, 1.54) is 5.69 Å². The van der Waals surface area contributed by atoms with Crippen LogP contribution < -0.4 is 0 Å². The van der Waals surface area contributed by atoms with Gasteiger partial charge in [0.15, 0.2) is 0 Å². The fourth-order valence-corrected chi connectivity index (χ4v) is 1.91. The molecule has 2 rings (SSSR count). The summed E-state index contributed by atoms with van der Waals surface area (Å²) >= 11 is 0. The molecule has 1 aliphatic rings. The molecule has 0 bridgehead atoms. The van der Waals surface area contributed by atoms with E-state index in [0.717, 1.165) is 24.5 Å². The van der Waals surface area contributed by atoms with Crippen LogP contribution in [0.4, 0.5) is 0 Å². The first-order valence-electron chi connectivity index (χ1n) is 4.79. The Hall–Kier alpha value is -1.12. The molecule has 0 atom stereocenters. The minimum Gasteiger partial charge on any atom is -0.331 e. The summed E-state index contributed by atoms with van der Waals surface area (Å²) in [5.41, 5.74) is 2.38. The summed E-state index contributed by atoms with van der Waals surface area (Å²) in [6.07, 6.45) is 2.16. The van der Waals surface area contributed by atoms with Gasteiger partial charge < -0.3 is 4.57 Å². The minimum atomic E-state index is 0.320. The Morgan fingerprint density at radius 1 is 1.54 bits per heavy atom. The highest BCUT2D eigenvalue weighted by Crippen LogP contribution is 2.17. The zero-order valence-corrected chi connectivity index (χ0v) is 8.13. The van der Waals surface area contributed by atoms with Gasteiger partial charge in [0.2, 0.25) is 0 Å². The van der Waals surface area contributed by atoms with Crippen LogP contribution in [0.3, 0.4) is 0 Å². The van der Waals surface area contributed by atoms with E-state index in [1.54, 1.807) is 0 Å². The average molecular weight is 178 g/mol. The molecule has 70 valence electrons. The van der Waals surface area contributed by atoms with Gasteiger partial charge >= 0.3 is 0 Å². The van der Waals surface area contributed by atoms with Crippen molar-refractivity contribution in [1.82, 2.24) is 9.55 Å². The molecule has 0 aromatic carbocycles. The van der Waals surface area contributed by atoms with E-state index in [0.29, 0.717) is 18.6 Å². The first-order valence-corrected chi connectivity index (χ1v) is 4.79. The van der Waals surface area contributed by atoms with Gasteiger partial charge in [-0.25, -0.2) is 4.98 Å². The van der Waals surface area contributed by atoms with E-state index >= 15 is 0 Å². The van der Waals surface area contributed by atoms with E-state index < -0.39 is 0 Å². The molecule has 0 spiro atoms. The average Bonchev–Trinajstić information content (AvgIpc) is 2.42. The predicted molar refractivity (Wildman–Crippen MR) is 49.7 cm³/mol. The lowest BCUT2D eigenvalue weighted by Crippen LogP contribution is -2.19. The highest BCUT2D eigenvalue weighted by molar-refractivity contribution is 5.81. The smallest absolute Gasteiger partial charge is 0.142 e. The first kappa shape index (κ1) is 8.48. The quantitative estimate of drug-likeness (QED) is 0.649. The zero-order valence-electron chi connectivity index (χ0n) is 8.13. The molecule has 1 aromatic rings. The summed E-state index contributed by atoms with van der Waals surface area (Å²) in [5, 5.41) is 0. The second kappa shape index (κ2) is 2.98. The normalized spacial score (nSPS) is 16.0. The fourth-order valence-electron chi connectivity index (χ4n) is 1.91. The lowest BCUT2D eigenvalue weighted by molar-refractivity contribution is -0.119. The Morgan fingerprint density at radius 3 is 3.00 bits per heavy atom. The number of aryl methyl sites for hydroxylation is 1. The van der Waals surface area contributed by atoms with Crippen molar-refractivity contribution in [3.8, 4) is 0 Å². The lowest BCUT2D eigenvalue weighted by Gasteiger charge is -2.13. The van der Waals surface area contributed by atoms with Crippen molar-refractivity contribution >= 4 is 5.78 Å². The van der Waals surface area contributed by atoms with Crippen LogP contribution in [0.1, 0.15) is 30.6 Å². The van der Waals surface area contributed by atoms with Crippen LogP contribution in [0.15, 0.2) is 0 Å². The molecule has 0 unspecified atom stereocenters. The molecule has 3 heteroatoms. The summed E-state index contributed by atoms with van der Waals surface area (Å²) < 4.78 is 2.18. The predicted octanol–water partition coefficient (Wildman–Crippen LogP) is 1.27. The number of carbonyl (C=O) groups excluding carboxylic acids is 1. The van der Waals surface area contributed by atoms with E-state index in [-0.39, 0.29) is 0 Å². The maximum atomic E-state index is 11.2. The fraction of sp³-hybridized carbons (Fsp3) is 0.600. The lowest BCUT2D eigenvalue weighted by atomic mass is 10.1. The number of rotatable bonds is 1. The number of imidazole rings is 1. The summed E-state index contributed by atoms with van der Waals surface area (Å²) in [4.78, 5) is 15.6. The van der Waals surface area contributed by atoms with Gasteiger partial charge in [0.1, 0.15) is 11.6 Å². The van der Waals surface area contributed by atoms with Gasteiger partial charge in [-0.05, 0) is 13.3 Å². The number of carbonyl (C=O) groups is 1. The number of aromatic nitrogens is 2. The Bertz CT molecular complexity index is 352. The number of hydrogen-bond acceptors (Lipinski definition) is 2. The SMILES string of the molecule is CCc1nc2n(c1C)CCC(=O)C2. The standard InChI is InChI=1S/C10H14N2O/c1-3-9-7(2)12-5-4-8(13)6-10(12)11-9/h3-6H2,1-2H3. The summed E-state index contributed by atoms with van der Waals surface area (Å²) in [6.45, 7) is 5.02. The number of ketones is 1. The molecule has 1 aromatic heterocycles. The molecule has 0 saturated heterocycles. The summed E-state index contributed by atoms with van der Waals surface area (Å²) in [7, 11) is 0. The van der Waals surface area contributed by atoms with Crippen molar-refractivity contribution < 1.29 is 4.79 Å². The van der Waals surface area contributed by atoms with Crippen LogP contribution in [0.2, 0.25) is 0 Å². The maximum Gasteiger partial charge on any atom is 0.142 e. The van der Waals surface area contributed by atoms with Crippen molar-refractivity contribution in [3.05, 3.63) is 17.2 Å². The van der Waals surface area contributed by atoms with Crippen LogP contribution in [0.25, 0.3) is 0 Å². The zero-order chi connectivity index (χ0) is 9.42. The second-order valence-corrected chi connectivity index (χ2v) is 3.53. The highest BCUT2D eigenvalue weighted by atomic mass is 16.1. The second-order valence-electron chi connectivity index (χ2n) is 3.53.